The Balaban J connectivity index is 2.52. The topological polar surface area (TPSA) is 62.5 Å². The number of aromatic nitrogens is 1. The van der Waals surface area contributed by atoms with Crippen molar-refractivity contribution in [3.63, 3.8) is 0 Å². The minimum absolute atomic E-state index is 0.0612. The fourth-order valence-electron chi connectivity index (χ4n) is 1.47. The molecule has 14 heavy (non-hydrogen) atoms. The van der Waals surface area contributed by atoms with Crippen molar-refractivity contribution in [3.8, 4) is 5.75 Å². The molecular formula is C10H9NO3. The van der Waals surface area contributed by atoms with Gasteiger partial charge in [0.1, 0.15) is 12.3 Å². The Morgan fingerprint density at radius 3 is 2.86 bits per heavy atom. The molecule has 4 heteroatoms. The first-order valence-corrected chi connectivity index (χ1v) is 4.16. The van der Waals surface area contributed by atoms with Crippen molar-refractivity contribution in [2.45, 2.75) is 6.54 Å². The van der Waals surface area contributed by atoms with Crippen LogP contribution in [0.5, 0.6) is 5.75 Å². The summed E-state index contributed by atoms with van der Waals surface area (Å²) in [5, 5.41) is 18.7. The molecule has 4 nitrogen and oxygen atoms in total. The highest BCUT2D eigenvalue weighted by Crippen LogP contribution is 2.20. The van der Waals surface area contributed by atoms with Crippen LogP contribution in [0.2, 0.25) is 0 Å². The fourth-order valence-corrected chi connectivity index (χ4v) is 1.47. The third kappa shape index (κ3) is 1.42. The van der Waals surface area contributed by atoms with E-state index in [9.17, 15) is 9.90 Å². The molecule has 0 atom stereocenters. The van der Waals surface area contributed by atoms with E-state index in [1.54, 1.807) is 35.0 Å². The summed E-state index contributed by atoms with van der Waals surface area (Å²) in [4.78, 5) is 10.5. The SMILES string of the molecule is O=C(O)Cn1ccc2cc(O)ccc21. The number of carboxylic acids is 1. The lowest BCUT2D eigenvalue weighted by atomic mass is 10.2. The third-order valence-corrected chi connectivity index (χ3v) is 2.06. The molecule has 0 aliphatic heterocycles. The van der Waals surface area contributed by atoms with Gasteiger partial charge in [0, 0.05) is 17.1 Å². The Hall–Kier alpha value is -1.97. The van der Waals surface area contributed by atoms with Crippen molar-refractivity contribution in [3.05, 3.63) is 30.5 Å². The van der Waals surface area contributed by atoms with Crippen LogP contribution < -0.4 is 0 Å². The molecule has 0 bridgehead atoms. The lowest BCUT2D eigenvalue weighted by molar-refractivity contribution is -0.137. The highest BCUT2D eigenvalue weighted by molar-refractivity contribution is 5.83. The van der Waals surface area contributed by atoms with Gasteiger partial charge in [0.25, 0.3) is 0 Å². The zero-order valence-corrected chi connectivity index (χ0v) is 7.34. The number of carbonyl (C=O) groups is 1. The Morgan fingerprint density at radius 2 is 2.14 bits per heavy atom. The second kappa shape index (κ2) is 3.06. The first-order chi connectivity index (χ1) is 6.66. The van der Waals surface area contributed by atoms with Crippen LogP contribution in [0.25, 0.3) is 10.9 Å². The molecule has 0 saturated carbocycles. The normalized spacial score (nSPS) is 10.6. The van der Waals surface area contributed by atoms with E-state index < -0.39 is 5.97 Å². The van der Waals surface area contributed by atoms with Gasteiger partial charge >= 0.3 is 5.97 Å². The summed E-state index contributed by atoms with van der Waals surface area (Å²) in [6.07, 6.45) is 1.69. The van der Waals surface area contributed by atoms with E-state index in [1.165, 1.54) is 0 Å². The highest BCUT2D eigenvalue weighted by atomic mass is 16.4. The van der Waals surface area contributed by atoms with Crippen LogP contribution in [-0.4, -0.2) is 20.7 Å². The largest absolute Gasteiger partial charge is 0.508 e. The fraction of sp³-hybridized carbons (Fsp3) is 0.100. The maximum absolute atomic E-state index is 10.5. The smallest absolute Gasteiger partial charge is 0.323 e. The summed E-state index contributed by atoms with van der Waals surface area (Å²) in [6, 6.07) is 6.62. The molecule has 2 rings (SSSR count). The zero-order chi connectivity index (χ0) is 10.1. The number of fused-ring (bicyclic) bond motifs is 1. The minimum atomic E-state index is -0.879. The summed E-state index contributed by atoms with van der Waals surface area (Å²) in [5.41, 5.74) is 0.810. The lowest BCUT2D eigenvalue weighted by Gasteiger charge is -2.00. The molecule has 1 aromatic carbocycles. The summed E-state index contributed by atoms with van der Waals surface area (Å²) in [6.45, 7) is -0.0612. The Morgan fingerprint density at radius 1 is 1.36 bits per heavy atom. The molecule has 0 fully saturated rings. The first kappa shape index (κ1) is 8.62. The summed E-state index contributed by atoms with van der Waals surface area (Å²) in [7, 11) is 0. The van der Waals surface area contributed by atoms with Gasteiger partial charge in [-0.1, -0.05) is 0 Å². The molecule has 0 unspecified atom stereocenters. The third-order valence-electron chi connectivity index (χ3n) is 2.06. The molecule has 72 valence electrons. The molecule has 2 aromatic rings. The monoisotopic (exact) mass is 191 g/mol. The molecule has 1 heterocycles. The van der Waals surface area contributed by atoms with E-state index in [0.717, 1.165) is 10.9 Å². The summed E-state index contributed by atoms with van der Waals surface area (Å²) < 4.78 is 1.62. The first-order valence-electron chi connectivity index (χ1n) is 4.16. The van der Waals surface area contributed by atoms with Gasteiger partial charge in [-0.05, 0) is 24.3 Å². The van der Waals surface area contributed by atoms with Crippen molar-refractivity contribution in [1.29, 1.82) is 0 Å². The van der Waals surface area contributed by atoms with Crippen molar-refractivity contribution in [2.24, 2.45) is 0 Å². The highest BCUT2D eigenvalue weighted by Gasteiger charge is 2.04. The van der Waals surface area contributed by atoms with Gasteiger partial charge in [-0.3, -0.25) is 4.79 Å². The molecule has 0 radical (unpaired) electrons. The van der Waals surface area contributed by atoms with Gasteiger partial charge in [0.2, 0.25) is 0 Å². The lowest BCUT2D eigenvalue weighted by Crippen LogP contribution is -2.06. The molecule has 0 saturated heterocycles. The molecule has 0 aliphatic rings. The number of aromatic hydroxyl groups is 1. The number of rotatable bonds is 2. The molecule has 0 spiro atoms. The molecular weight excluding hydrogens is 182 g/mol. The van der Waals surface area contributed by atoms with Gasteiger partial charge in [-0.15, -0.1) is 0 Å². The number of carboxylic acid groups (broad SMARTS) is 1. The Bertz CT molecular complexity index is 487. The second-order valence-electron chi connectivity index (χ2n) is 3.08. The molecule has 1 aromatic heterocycles. The average molecular weight is 191 g/mol. The van der Waals surface area contributed by atoms with Gasteiger partial charge in [0.15, 0.2) is 0 Å². The Kier molecular flexibility index (Phi) is 1.89. The Labute approximate surface area is 80.0 Å². The van der Waals surface area contributed by atoms with Crippen LogP contribution in [-0.2, 0) is 11.3 Å². The van der Waals surface area contributed by atoms with Crippen LogP contribution in [0.15, 0.2) is 30.5 Å². The minimum Gasteiger partial charge on any atom is -0.508 e. The van der Waals surface area contributed by atoms with Gasteiger partial charge in [-0.2, -0.15) is 0 Å². The number of aliphatic carboxylic acids is 1. The van der Waals surface area contributed by atoms with E-state index in [0.29, 0.717) is 0 Å². The maximum atomic E-state index is 10.5. The van der Waals surface area contributed by atoms with Crippen molar-refractivity contribution < 1.29 is 15.0 Å². The number of phenolic OH excluding ortho intramolecular Hbond substituents is 1. The van der Waals surface area contributed by atoms with E-state index in [4.69, 9.17) is 5.11 Å². The van der Waals surface area contributed by atoms with E-state index >= 15 is 0 Å². The van der Waals surface area contributed by atoms with Gasteiger partial charge < -0.3 is 14.8 Å². The van der Waals surface area contributed by atoms with Gasteiger partial charge in [0.05, 0.1) is 0 Å². The van der Waals surface area contributed by atoms with E-state index in [2.05, 4.69) is 0 Å². The van der Waals surface area contributed by atoms with Crippen molar-refractivity contribution in [2.75, 3.05) is 0 Å². The number of nitrogens with zero attached hydrogens (tertiary/aromatic N) is 1. The average Bonchev–Trinajstić information content (AvgIpc) is 2.47. The number of hydrogen-bond donors (Lipinski definition) is 2. The number of hydrogen-bond acceptors (Lipinski definition) is 2. The predicted molar refractivity (Wildman–Crippen MR) is 51.2 cm³/mol. The van der Waals surface area contributed by atoms with Crippen LogP contribution in [0.1, 0.15) is 0 Å². The zero-order valence-electron chi connectivity index (χ0n) is 7.34. The number of benzene rings is 1. The second-order valence-corrected chi connectivity index (χ2v) is 3.08. The standard InChI is InChI=1S/C10H9NO3/c12-8-1-2-9-7(5-8)3-4-11(9)6-10(13)14/h1-5,12H,6H2,(H,13,14). The van der Waals surface area contributed by atoms with Crippen molar-refractivity contribution >= 4 is 16.9 Å². The predicted octanol–water partition coefficient (Wildman–Crippen LogP) is 1.43. The maximum Gasteiger partial charge on any atom is 0.323 e. The van der Waals surface area contributed by atoms with Crippen LogP contribution in [0.4, 0.5) is 0 Å². The van der Waals surface area contributed by atoms with Gasteiger partial charge in [-0.25, -0.2) is 0 Å². The van der Waals surface area contributed by atoms with Crippen molar-refractivity contribution in [1.82, 2.24) is 4.57 Å². The number of phenols is 1. The molecule has 0 aliphatic carbocycles. The molecule has 0 amide bonds. The summed E-state index contributed by atoms with van der Waals surface area (Å²) >= 11 is 0. The van der Waals surface area contributed by atoms with Crippen LogP contribution in [0, 0.1) is 0 Å². The van der Waals surface area contributed by atoms with E-state index in [1.807, 2.05) is 0 Å². The quantitative estimate of drug-likeness (QED) is 0.754. The summed E-state index contributed by atoms with van der Waals surface area (Å²) in [5.74, 6) is -0.693. The van der Waals surface area contributed by atoms with E-state index in [-0.39, 0.29) is 12.3 Å². The van der Waals surface area contributed by atoms with Crippen LogP contribution in [0.3, 0.4) is 0 Å². The van der Waals surface area contributed by atoms with Crippen LogP contribution >= 0.6 is 0 Å². The molecule has 2 N–H and O–H groups in total.